The maximum Gasteiger partial charge on any atom is 0.0447 e. The fraction of sp³-hybridized carbons (Fsp3) is 1.00. The summed E-state index contributed by atoms with van der Waals surface area (Å²) >= 11 is 0. The van der Waals surface area contributed by atoms with E-state index in [0.717, 1.165) is 30.5 Å². The van der Waals surface area contributed by atoms with Crippen LogP contribution in [0.2, 0.25) is 0 Å². The van der Waals surface area contributed by atoms with Crippen LogP contribution in [0.15, 0.2) is 0 Å². The smallest absolute Gasteiger partial charge is 0.0447 e. The summed E-state index contributed by atoms with van der Waals surface area (Å²) in [6, 6.07) is 1.59. The van der Waals surface area contributed by atoms with Crippen LogP contribution in [0.5, 0.6) is 0 Å². The van der Waals surface area contributed by atoms with E-state index in [1.807, 2.05) is 0 Å². The van der Waals surface area contributed by atoms with Gasteiger partial charge >= 0.3 is 0 Å². The Kier molecular flexibility index (Phi) is 2.96. The molecule has 0 aromatic heterocycles. The summed E-state index contributed by atoms with van der Waals surface area (Å²) in [4.78, 5) is 2.69. The second kappa shape index (κ2) is 4.22. The van der Waals surface area contributed by atoms with Crippen molar-refractivity contribution in [1.82, 2.24) is 10.2 Å². The van der Waals surface area contributed by atoms with Gasteiger partial charge in [0.2, 0.25) is 0 Å². The quantitative estimate of drug-likeness (QED) is 0.754. The Morgan fingerprint density at radius 3 is 2.59 bits per heavy atom. The first kappa shape index (κ1) is 11.9. The molecule has 0 aromatic carbocycles. The molecule has 0 spiro atoms. The molecule has 0 aromatic rings. The summed E-state index contributed by atoms with van der Waals surface area (Å²) in [7, 11) is 0. The molecular formula is C14H27N3. The normalized spacial score (nSPS) is 46.4. The third-order valence-electron chi connectivity index (χ3n) is 5.16. The summed E-state index contributed by atoms with van der Waals surface area (Å²) in [5.74, 6) is 1.86. The highest BCUT2D eigenvalue weighted by molar-refractivity contribution is 5.06. The Labute approximate surface area is 105 Å². The Morgan fingerprint density at radius 1 is 1.35 bits per heavy atom. The van der Waals surface area contributed by atoms with E-state index in [2.05, 4.69) is 24.1 Å². The molecule has 3 heteroatoms. The molecular weight excluding hydrogens is 210 g/mol. The number of nitrogens with zero attached hydrogens (tertiary/aromatic N) is 1. The monoisotopic (exact) mass is 237 g/mol. The van der Waals surface area contributed by atoms with Crippen LogP contribution >= 0.6 is 0 Å². The number of hydrogen-bond acceptors (Lipinski definition) is 3. The Balaban J connectivity index is 1.57. The van der Waals surface area contributed by atoms with Crippen molar-refractivity contribution in [3.8, 4) is 0 Å². The van der Waals surface area contributed by atoms with E-state index in [-0.39, 0.29) is 5.54 Å². The Morgan fingerprint density at radius 2 is 2.06 bits per heavy atom. The lowest BCUT2D eigenvalue weighted by molar-refractivity contribution is 0.240. The second-order valence-electron chi connectivity index (χ2n) is 6.80. The van der Waals surface area contributed by atoms with Crippen molar-refractivity contribution in [2.45, 2.75) is 57.2 Å². The molecule has 4 unspecified atom stereocenters. The van der Waals surface area contributed by atoms with Crippen LogP contribution in [0.4, 0.5) is 0 Å². The van der Waals surface area contributed by atoms with Crippen molar-refractivity contribution >= 4 is 0 Å². The lowest BCUT2D eigenvalue weighted by atomic mass is 9.96. The maximum atomic E-state index is 6.07. The highest BCUT2D eigenvalue weighted by atomic mass is 15.3. The zero-order valence-corrected chi connectivity index (χ0v) is 11.3. The zero-order valence-electron chi connectivity index (χ0n) is 11.3. The third kappa shape index (κ3) is 2.38. The maximum absolute atomic E-state index is 6.07. The van der Waals surface area contributed by atoms with E-state index in [0.29, 0.717) is 0 Å². The molecule has 4 atom stereocenters. The molecule has 3 rings (SSSR count). The number of hydrogen-bond donors (Lipinski definition) is 2. The van der Waals surface area contributed by atoms with Crippen LogP contribution in [0.25, 0.3) is 0 Å². The molecule has 17 heavy (non-hydrogen) atoms. The van der Waals surface area contributed by atoms with Crippen molar-refractivity contribution in [1.29, 1.82) is 0 Å². The van der Waals surface area contributed by atoms with Crippen LogP contribution in [0.1, 0.15) is 39.5 Å². The third-order valence-corrected chi connectivity index (χ3v) is 5.16. The minimum absolute atomic E-state index is 0.213. The summed E-state index contributed by atoms with van der Waals surface area (Å²) in [6.07, 6.45) is 5.46. The van der Waals surface area contributed by atoms with Gasteiger partial charge in [0.25, 0.3) is 0 Å². The SMILES string of the molecule is CC1CC1CNC1(CN)CC(C)N(C2CC2)C1. The van der Waals surface area contributed by atoms with Crippen molar-refractivity contribution in [3.63, 3.8) is 0 Å². The van der Waals surface area contributed by atoms with Crippen molar-refractivity contribution in [3.05, 3.63) is 0 Å². The van der Waals surface area contributed by atoms with Crippen LogP contribution in [-0.4, -0.2) is 42.2 Å². The summed E-state index contributed by atoms with van der Waals surface area (Å²) in [5.41, 5.74) is 6.28. The average Bonchev–Trinajstić information content (AvgIpc) is 3.21. The zero-order chi connectivity index (χ0) is 12.0. The molecule has 1 aliphatic heterocycles. The van der Waals surface area contributed by atoms with E-state index >= 15 is 0 Å². The van der Waals surface area contributed by atoms with E-state index in [4.69, 9.17) is 5.73 Å². The lowest BCUT2D eigenvalue weighted by Crippen LogP contribution is -2.54. The Hall–Kier alpha value is -0.120. The molecule has 2 saturated carbocycles. The largest absolute Gasteiger partial charge is 0.329 e. The van der Waals surface area contributed by atoms with Gasteiger partial charge in [0.15, 0.2) is 0 Å². The van der Waals surface area contributed by atoms with E-state index in [9.17, 15) is 0 Å². The first-order valence-electron chi connectivity index (χ1n) is 7.34. The molecule has 3 aliphatic rings. The number of likely N-dealkylation sites (tertiary alicyclic amines) is 1. The molecule has 1 heterocycles. The second-order valence-corrected chi connectivity index (χ2v) is 6.80. The topological polar surface area (TPSA) is 41.3 Å². The first-order valence-corrected chi connectivity index (χ1v) is 7.34. The Bertz CT molecular complexity index is 289. The van der Waals surface area contributed by atoms with Crippen LogP contribution in [0, 0.1) is 11.8 Å². The van der Waals surface area contributed by atoms with Gasteiger partial charge < -0.3 is 11.1 Å². The predicted molar refractivity (Wildman–Crippen MR) is 70.9 cm³/mol. The van der Waals surface area contributed by atoms with Gasteiger partial charge in [-0.3, -0.25) is 4.90 Å². The molecule has 0 amide bonds. The summed E-state index contributed by atoms with van der Waals surface area (Å²) < 4.78 is 0. The molecule has 3 N–H and O–H groups in total. The van der Waals surface area contributed by atoms with Crippen molar-refractivity contribution in [2.24, 2.45) is 17.6 Å². The minimum atomic E-state index is 0.213. The molecule has 98 valence electrons. The van der Waals surface area contributed by atoms with E-state index < -0.39 is 0 Å². The van der Waals surface area contributed by atoms with Gasteiger partial charge in [-0.05, 0) is 51.0 Å². The van der Waals surface area contributed by atoms with Gasteiger partial charge in [0, 0.05) is 30.7 Å². The van der Waals surface area contributed by atoms with Crippen molar-refractivity contribution < 1.29 is 0 Å². The number of rotatable bonds is 5. The standard InChI is InChI=1S/C14H27N3/c1-10-5-12(10)7-16-14(8-15)6-11(2)17(9-14)13-3-4-13/h10-13,16H,3-9,15H2,1-2H3. The minimum Gasteiger partial charge on any atom is -0.329 e. The number of nitrogens with one attached hydrogen (secondary N) is 1. The lowest BCUT2D eigenvalue weighted by Gasteiger charge is -2.29. The summed E-state index contributed by atoms with van der Waals surface area (Å²) in [5, 5.41) is 3.81. The first-order chi connectivity index (χ1) is 8.13. The van der Waals surface area contributed by atoms with Gasteiger partial charge in [-0.2, -0.15) is 0 Å². The molecule has 0 radical (unpaired) electrons. The molecule has 1 saturated heterocycles. The molecule has 2 aliphatic carbocycles. The fourth-order valence-corrected chi connectivity index (χ4v) is 3.53. The highest BCUT2D eigenvalue weighted by Gasteiger charge is 2.47. The molecule has 0 bridgehead atoms. The predicted octanol–water partition coefficient (Wildman–Crippen LogP) is 1.19. The van der Waals surface area contributed by atoms with Crippen LogP contribution < -0.4 is 11.1 Å². The molecule has 3 nitrogen and oxygen atoms in total. The number of nitrogens with two attached hydrogens (primary N) is 1. The molecule has 3 fully saturated rings. The van der Waals surface area contributed by atoms with Crippen LogP contribution in [-0.2, 0) is 0 Å². The van der Waals surface area contributed by atoms with Gasteiger partial charge in [-0.25, -0.2) is 0 Å². The fourth-order valence-electron chi connectivity index (χ4n) is 3.53. The average molecular weight is 237 g/mol. The van der Waals surface area contributed by atoms with Crippen LogP contribution in [0.3, 0.4) is 0 Å². The van der Waals surface area contributed by atoms with Gasteiger partial charge in [0.05, 0.1) is 0 Å². The highest BCUT2D eigenvalue weighted by Crippen LogP contribution is 2.39. The van der Waals surface area contributed by atoms with Gasteiger partial charge in [0.1, 0.15) is 0 Å². The van der Waals surface area contributed by atoms with Gasteiger partial charge in [-0.1, -0.05) is 6.92 Å². The van der Waals surface area contributed by atoms with E-state index in [1.54, 1.807) is 0 Å². The van der Waals surface area contributed by atoms with Crippen molar-refractivity contribution in [2.75, 3.05) is 19.6 Å². The summed E-state index contributed by atoms with van der Waals surface area (Å²) in [6.45, 7) is 7.88. The van der Waals surface area contributed by atoms with E-state index in [1.165, 1.54) is 38.8 Å². The van der Waals surface area contributed by atoms with Gasteiger partial charge in [-0.15, -0.1) is 0 Å².